The Bertz CT molecular complexity index is 1530. The third kappa shape index (κ3) is 7.74. The molecule has 2 aromatic carbocycles. The van der Waals surface area contributed by atoms with Crippen LogP contribution in [0.4, 0.5) is 37.7 Å². The van der Waals surface area contributed by atoms with Gasteiger partial charge >= 0.3 is 6.18 Å². The van der Waals surface area contributed by atoms with E-state index in [0.717, 1.165) is 12.1 Å². The lowest BCUT2D eigenvalue weighted by Crippen LogP contribution is -2.49. The number of rotatable bonds is 10. The van der Waals surface area contributed by atoms with Gasteiger partial charge < -0.3 is 19.0 Å². The zero-order valence-corrected chi connectivity index (χ0v) is 25.0. The van der Waals surface area contributed by atoms with Crippen molar-refractivity contribution < 1.29 is 45.2 Å². The van der Waals surface area contributed by atoms with Gasteiger partial charge in [-0.15, -0.1) is 0 Å². The molecule has 0 radical (unpaired) electrons. The number of nitro groups is 1. The summed E-state index contributed by atoms with van der Waals surface area (Å²) in [6, 6.07) is 8.78. The van der Waals surface area contributed by atoms with Crippen LogP contribution in [0.3, 0.4) is 0 Å². The number of nitrogens with zero attached hydrogens (tertiary/aromatic N) is 4. The van der Waals surface area contributed by atoms with E-state index in [0.29, 0.717) is 75.1 Å². The van der Waals surface area contributed by atoms with Crippen molar-refractivity contribution in [2.45, 2.75) is 63.1 Å². The lowest BCUT2D eigenvalue weighted by atomic mass is 9.91. The third-order valence-corrected chi connectivity index (χ3v) is 8.76. The zero-order valence-electron chi connectivity index (χ0n) is 25.0. The number of anilines is 1. The molecule has 1 unspecified atom stereocenters. The quantitative estimate of drug-likeness (QED) is 0.136. The van der Waals surface area contributed by atoms with E-state index in [-0.39, 0.29) is 35.9 Å². The molecule has 1 aliphatic heterocycles. The number of furan rings is 1. The second kappa shape index (κ2) is 13.9. The Labute approximate surface area is 260 Å². The number of ether oxygens (including phenoxy) is 1. The Morgan fingerprint density at radius 3 is 2.37 bits per heavy atom. The third-order valence-electron chi connectivity index (χ3n) is 8.76. The van der Waals surface area contributed by atoms with Gasteiger partial charge in [-0.2, -0.15) is 13.2 Å². The first-order valence-corrected chi connectivity index (χ1v) is 14.9. The standard InChI is InChI=1S/C31H34F6N4O5/c1-38(22-5-8-26(41(43)44)25(16-22)31(35,36)37)21-3-6-23(7-4-21)45-18-28(42)40-12-10-39(11-13-40)17-24-15-20-14-19(29(32)30(33)34)2-9-27(20)46-24/h2,5,8-9,14-16,21,23,29-30H,3-4,6-7,10-13,17-18H2,1H3. The van der Waals surface area contributed by atoms with Crippen molar-refractivity contribution in [3.8, 4) is 0 Å². The average Bonchev–Trinajstić information content (AvgIpc) is 3.44. The molecule has 0 spiro atoms. The number of hydrogen-bond acceptors (Lipinski definition) is 7. The smallest absolute Gasteiger partial charge is 0.423 e. The van der Waals surface area contributed by atoms with Gasteiger partial charge in [0.05, 0.1) is 17.6 Å². The minimum atomic E-state index is -4.85. The molecule has 1 saturated heterocycles. The summed E-state index contributed by atoms with van der Waals surface area (Å²) in [5.41, 5.74) is -1.65. The lowest BCUT2D eigenvalue weighted by Gasteiger charge is -2.37. The van der Waals surface area contributed by atoms with Crippen LogP contribution >= 0.6 is 0 Å². The van der Waals surface area contributed by atoms with E-state index in [1.807, 2.05) is 0 Å². The summed E-state index contributed by atoms with van der Waals surface area (Å²) < 4.78 is 91.2. The summed E-state index contributed by atoms with van der Waals surface area (Å²) in [6.07, 6.45) is -8.02. The second-order valence-corrected chi connectivity index (χ2v) is 11.7. The molecule has 3 aromatic rings. The number of fused-ring (bicyclic) bond motifs is 1. The van der Waals surface area contributed by atoms with Crippen LogP contribution in [0.1, 0.15) is 48.7 Å². The molecular formula is C31H34F6N4O5. The fraction of sp³-hybridized carbons (Fsp3) is 0.516. The maximum atomic E-state index is 13.7. The van der Waals surface area contributed by atoms with E-state index in [9.17, 15) is 41.3 Å². The summed E-state index contributed by atoms with van der Waals surface area (Å²) in [4.78, 5) is 28.4. The van der Waals surface area contributed by atoms with Crippen molar-refractivity contribution in [3.63, 3.8) is 0 Å². The molecule has 1 aliphatic carbocycles. The van der Waals surface area contributed by atoms with Crippen molar-refractivity contribution in [2.75, 3.05) is 44.7 Å². The first-order chi connectivity index (χ1) is 21.8. The number of carbonyl (C=O) groups is 1. The van der Waals surface area contributed by atoms with Gasteiger partial charge in [0.1, 0.15) is 23.5 Å². The molecular weight excluding hydrogens is 622 g/mol. The fourth-order valence-electron chi connectivity index (χ4n) is 6.11. The Morgan fingerprint density at radius 1 is 1.04 bits per heavy atom. The SMILES string of the molecule is CN(c1ccc([N+](=O)[O-])c(C(F)(F)F)c1)C1CCC(OCC(=O)N2CCN(Cc3cc4cc(C(F)C(F)F)ccc4o3)CC2)CC1. The van der Waals surface area contributed by atoms with Crippen LogP contribution < -0.4 is 4.90 Å². The summed E-state index contributed by atoms with van der Waals surface area (Å²) in [5, 5.41) is 11.6. The molecule has 1 amide bonds. The summed E-state index contributed by atoms with van der Waals surface area (Å²) in [6.45, 7) is 2.51. The second-order valence-electron chi connectivity index (χ2n) is 11.7. The molecule has 1 atom stereocenters. The number of carbonyl (C=O) groups excluding carboxylic acids is 1. The first kappa shape index (κ1) is 33.5. The normalized spacial score (nSPS) is 20.3. The molecule has 2 heterocycles. The molecule has 15 heteroatoms. The maximum Gasteiger partial charge on any atom is 0.423 e. The Hall–Kier alpha value is -3.85. The van der Waals surface area contributed by atoms with Crippen LogP contribution in [0, 0.1) is 10.1 Å². The average molecular weight is 657 g/mol. The minimum Gasteiger partial charge on any atom is -0.460 e. The van der Waals surface area contributed by atoms with Crippen LogP contribution in [-0.4, -0.2) is 79.0 Å². The largest absolute Gasteiger partial charge is 0.460 e. The van der Waals surface area contributed by atoms with Gasteiger partial charge in [-0.3, -0.25) is 19.8 Å². The van der Waals surface area contributed by atoms with E-state index < -0.39 is 34.9 Å². The minimum absolute atomic E-state index is 0.0808. The predicted molar refractivity (Wildman–Crippen MR) is 156 cm³/mol. The van der Waals surface area contributed by atoms with Gasteiger partial charge in [0.15, 0.2) is 6.17 Å². The summed E-state index contributed by atoms with van der Waals surface area (Å²) in [5.74, 6) is 0.471. The summed E-state index contributed by atoms with van der Waals surface area (Å²) in [7, 11) is 1.66. The highest BCUT2D eigenvalue weighted by molar-refractivity contribution is 5.79. The lowest BCUT2D eigenvalue weighted by molar-refractivity contribution is -0.388. The van der Waals surface area contributed by atoms with Gasteiger partial charge in [0.25, 0.3) is 12.1 Å². The van der Waals surface area contributed by atoms with Crippen molar-refractivity contribution in [3.05, 3.63) is 69.5 Å². The number of nitro benzene ring substituents is 1. The molecule has 9 nitrogen and oxygen atoms in total. The van der Waals surface area contributed by atoms with E-state index in [2.05, 4.69) is 4.90 Å². The Morgan fingerprint density at radius 2 is 1.74 bits per heavy atom. The first-order valence-electron chi connectivity index (χ1n) is 14.9. The van der Waals surface area contributed by atoms with E-state index in [4.69, 9.17) is 9.15 Å². The molecule has 5 rings (SSSR count). The van der Waals surface area contributed by atoms with Crippen molar-refractivity contribution in [1.82, 2.24) is 9.80 Å². The van der Waals surface area contributed by atoms with Gasteiger partial charge in [0, 0.05) is 56.4 Å². The predicted octanol–water partition coefficient (Wildman–Crippen LogP) is 6.74. The van der Waals surface area contributed by atoms with Gasteiger partial charge in [0.2, 0.25) is 5.91 Å². The number of benzene rings is 2. The van der Waals surface area contributed by atoms with Crippen LogP contribution in [0.15, 0.2) is 46.9 Å². The van der Waals surface area contributed by atoms with Crippen LogP contribution in [-0.2, 0) is 22.3 Å². The van der Waals surface area contributed by atoms with Crippen LogP contribution in [0.25, 0.3) is 11.0 Å². The number of hydrogen-bond donors (Lipinski definition) is 0. The molecule has 0 bridgehead atoms. The number of alkyl halides is 6. The molecule has 250 valence electrons. The van der Waals surface area contributed by atoms with Crippen LogP contribution in [0.2, 0.25) is 0 Å². The molecule has 2 fully saturated rings. The highest BCUT2D eigenvalue weighted by atomic mass is 19.4. The van der Waals surface area contributed by atoms with E-state index >= 15 is 0 Å². The van der Waals surface area contributed by atoms with Crippen LogP contribution in [0.5, 0.6) is 0 Å². The van der Waals surface area contributed by atoms with Crippen molar-refractivity contribution in [2.24, 2.45) is 0 Å². The molecule has 46 heavy (non-hydrogen) atoms. The number of piperazine rings is 1. The zero-order chi connectivity index (χ0) is 33.2. The van der Waals surface area contributed by atoms with Gasteiger partial charge in [-0.05, 0) is 61.6 Å². The topological polar surface area (TPSA) is 92.3 Å². The Balaban J connectivity index is 1.05. The summed E-state index contributed by atoms with van der Waals surface area (Å²) >= 11 is 0. The fourth-order valence-corrected chi connectivity index (χ4v) is 6.11. The number of halogens is 6. The molecule has 1 saturated carbocycles. The van der Waals surface area contributed by atoms with Gasteiger partial charge in [-0.1, -0.05) is 6.07 Å². The van der Waals surface area contributed by atoms with E-state index in [1.165, 1.54) is 24.3 Å². The van der Waals surface area contributed by atoms with Crippen molar-refractivity contribution in [1.29, 1.82) is 0 Å². The highest BCUT2D eigenvalue weighted by Crippen LogP contribution is 2.39. The van der Waals surface area contributed by atoms with Crippen molar-refractivity contribution >= 4 is 28.3 Å². The monoisotopic (exact) mass is 656 g/mol. The maximum absolute atomic E-state index is 13.7. The molecule has 1 aromatic heterocycles. The van der Waals surface area contributed by atoms with E-state index in [1.54, 1.807) is 22.9 Å². The molecule has 0 N–H and O–H groups in total. The Kier molecular flexibility index (Phi) is 10.1. The number of amides is 1. The van der Waals surface area contributed by atoms with Gasteiger partial charge in [-0.25, -0.2) is 13.2 Å². The molecule has 2 aliphatic rings. The highest BCUT2D eigenvalue weighted by Gasteiger charge is 2.39.